The van der Waals surface area contributed by atoms with E-state index in [9.17, 15) is 19.7 Å². The quantitative estimate of drug-likeness (QED) is 0.389. The minimum Gasteiger partial charge on any atom is -0.463 e. The average molecular weight is 292 g/mol. The normalized spacial score (nSPS) is 10.9. The number of ether oxygens (including phenoxy) is 1. The molecule has 0 saturated heterocycles. The van der Waals surface area contributed by atoms with Crippen LogP contribution >= 0.6 is 0 Å². The van der Waals surface area contributed by atoms with Crippen LogP contribution in [0.1, 0.15) is 26.3 Å². The van der Waals surface area contributed by atoms with Gasteiger partial charge in [0.05, 0.1) is 11.5 Å². The molecule has 7 nitrogen and oxygen atoms in total. The summed E-state index contributed by atoms with van der Waals surface area (Å²) in [6.07, 6.45) is 1.49. The molecule has 0 unspecified atom stereocenters. The standard InChI is InChI=1S/C14H16N2O5/c1-4-21-14(18)9(2)7-11-5-6-12(15-10(3)17)13(8-11)16(19)20/h5-8H,4H2,1-3H3,(H,15,17). The van der Waals surface area contributed by atoms with E-state index < -0.39 is 16.8 Å². The fourth-order valence-electron chi connectivity index (χ4n) is 1.64. The van der Waals surface area contributed by atoms with Gasteiger partial charge in [-0.05, 0) is 31.6 Å². The lowest BCUT2D eigenvalue weighted by molar-refractivity contribution is -0.383. The maximum absolute atomic E-state index is 11.5. The van der Waals surface area contributed by atoms with Crippen molar-refractivity contribution in [1.29, 1.82) is 0 Å². The first-order valence-corrected chi connectivity index (χ1v) is 6.26. The average Bonchev–Trinajstić information content (AvgIpc) is 2.39. The second kappa shape index (κ2) is 7.18. The Hall–Kier alpha value is -2.70. The molecule has 112 valence electrons. The van der Waals surface area contributed by atoms with E-state index in [1.807, 2.05) is 0 Å². The van der Waals surface area contributed by atoms with Crippen LogP contribution in [0.4, 0.5) is 11.4 Å². The first-order chi connectivity index (χ1) is 9.85. The molecule has 0 aliphatic heterocycles. The van der Waals surface area contributed by atoms with E-state index >= 15 is 0 Å². The van der Waals surface area contributed by atoms with E-state index in [2.05, 4.69) is 5.32 Å². The summed E-state index contributed by atoms with van der Waals surface area (Å²) in [5.41, 5.74) is 0.675. The fraction of sp³-hybridized carbons (Fsp3) is 0.286. The van der Waals surface area contributed by atoms with Gasteiger partial charge in [-0.1, -0.05) is 6.07 Å². The van der Waals surface area contributed by atoms with Gasteiger partial charge in [-0.15, -0.1) is 0 Å². The molecule has 0 radical (unpaired) electrons. The molecule has 1 aromatic carbocycles. The Morgan fingerprint density at radius 3 is 2.57 bits per heavy atom. The Kier molecular flexibility index (Phi) is 5.59. The maximum Gasteiger partial charge on any atom is 0.333 e. The lowest BCUT2D eigenvalue weighted by atomic mass is 10.1. The van der Waals surface area contributed by atoms with Crippen molar-refractivity contribution in [3.05, 3.63) is 39.4 Å². The zero-order valence-corrected chi connectivity index (χ0v) is 12.0. The van der Waals surface area contributed by atoms with E-state index in [0.29, 0.717) is 11.1 Å². The van der Waals surface area contributed by atoms with Crippen molar-refractivity contribution in [2.24, 2.45) is 0 Å². The van der Waals surface area contributed by atoms with Crippen molar-refractivity contribution in [3.63, 3.8) is 0 Å². The molecule has 0 aromatic heterocycles. The number of nitrogens with one attached hydrogen (secondary N) is 1. The molecule has 0 spiro atoms. The number of hydrogen-bond acceptors (Lipinski definition) is 5. The minimum absolute atomic E-state index is 0.110. The lowest BCUT2D eigenvalue weighted by Crippen LogP contribution is -2.08. The summed E-state index contributed by atoms with van der Waals surface area (Å²) in [5.74, 6) is -0.879. The highest BCUT2D eigenvalue weighted by Gasteiger charge is 2.15. The van der Waals surface area contributed by atoms with Crippen molar-refractivity contribution < 1.29 is 19.2 Å². The Morgan fingerprint density at radius 2 is 2.05 bits per heavy atom. The zero-order valence-electron chi connectivity index (χ0n) is 12.0. The van der Waals surface area contributed by atoms with Crippen LogP contribution in [-0.2, 0) is 14.3 Å². The molecule has 1 N–H and O–H groups in total. The van der Waals surface area contributed by atoms with Gasteiger partial charge < -0.3 is 10.1 Å². The third-order valence-corrected chi connectivity index (χ3v) is 2.51. The number of nitrogens with zero attached hydrogens (tertiary/aromatic N) is 1. The van der Waals surface area contributed by atoms with E-state index in [1.54, 1.807) is 19.9 Å². The number of rotatable bonds is 5. The largest absolute Gasteiger partial charge is 0.463 e. The number of carbonyl (C=O) groups excluding carboxylic acids is 2. The number of nitro groups is 1. The summed E-state index contributed by atoms with van der Waals surface area (Å²) in [4.78, 5) is 32.9. The number of amides is 1. The van der Waals surface area contributed by atoms with Crippen LogP contribution in [0, 0.1) is 10.1 Å². The van der Waals surface area contributed by atoms with Crippen LogP contribution in [0.15, 0.2) is 23.8 Å². The van der Waals surface area contributed by atoms with Crippen LogP contribution < -0.4 is 5.32 Å². The van der Waals surface area contributed by atoms with Gasteiger partial charge in [-0.25, -0.2) is 4.79 Å². The summed E-state index contributed by atoms with van der Waals surface area (Å²) in [6.45, 7) is 4.78. The molecule has 0 heterocycles. The van der Waals surface area contributed by atoms with Gasteiger partial charge in [0.15, 0.2) is 0 Å². The highest BCUT2D eigenvalue weighted by atomic mass is 16.6. The van der Waals surface area contributed by atoms with Crippen molar-refractivity contribution in [2.75, 3.05) is 11.9 Å². The van der Waals surface area contributed by atoms with Crippen molar-refractivity contribution in [3.8, 4) is 0 Å². The summed E-state index contributed by atoms with van der Waals surface area (Å²) in [7, 11) is 0. The molecule has 1 aromatic rings. The second-order valence-electron chi connectivity index (χ2n) is 4.26. The highest BCUT2D eigenvalue weighted by molar-refractivity contribution is 5.94. The van der Waals surface area contributed by atoms with Gasteiger partial charge in [-0.3, -0.25) is 14.9 Å². The molecule has 21 heavy (non-hydrogen) atoms. The first kappa shape index (κ1) is 16.4. The number of anilines is 1. The van der Waals surface area contributed by atoms with Gasteiger partial charge in [0.25, 0.3) is 5.69 Å². The number of esters is 1. The van der Waals surface area contributed by atoms with Crippen molar-refractivity contribution >= 4 is 29.3 Å². The van der Waals surface area contributed by atoms with E-state index in [-0.39, 0.29) is 18.0 Å². The summed E-state index contributed by atoms with van der Waals surface area (Å²) in [6, 6.07) is 4.28. The summed E-state index contributed by atoms with van der Waals surface area (Å²) >= 11 is 0. The van der Waals surface area contributed by atoms with Crippen molar-refractivity contribution in [1.82, 2.24) is 0 Å². The topological polar surface area (TPSA) is 98.5 Å². The highest BCUT2D eigenvalue weighted by Crippen LogP contribution is 2.26. The predicted octanol–water partition coefficient (Wildman–Crippen LogP) is 2.52. The molecule has 1 rings (SSSR count). The molecule has 1 amide bonds. The zero-order chi connectivity index (χ0) is 16.0. The third kappa shape index (κ3) is 4.72. The molecular weight excluding hydrogens is 276 g/mol. The van der Waals surface area contributed by atoms with Crippen LogP contribution in [0.2, 0.25) is 0 Å². The van der Waals surface area contributed by atoms with Gasteiger partial charge >= 0.3 is 5.97 Å². The van der Waals surface area contributed by atoms with Crippen molar-refractivity contribution in [2.45, 2.75) is 20.8 Å². The molecule has 0 aliphatic carbocycles. The number of hydrogen-bond donors (Lipinski definition) is 1. The number of benzene rings is 1. The molecule has 7 heteroatoms. The molecule has 0 fully saturated rings. The second-order valence-corrected chi connectivity index (χ2v) is 4.26. The van der Waals surface area contributed by atoms with Crippen LogP contribution in [-0.4, -0.2) is 23.4 Å². The van der Waals surface area contributed by atoms with Crippen LogP contribution in [0.5, 0.6) is 0 Å². The lowest BCUT2D eigenvalue weighted by Gasteiger charge is -2.05. The Morgan fingerprint density at radius 1 is 1.38 bits per heavy atom. The first-order valence-electron chi connectivity index (χ1n) is 6.26. The van der Waals surface area contributed by atoms with Gasteiger partial charge in [0.2, 0.25) is 5.91 Å². The SMILES string of the molecule is CCOC(=O)C(C)=Cc1ccc(NC(C)=O)c([N+](=O)[O-])c1. The van der Waals surface area contributed by atoms with Gasteiger partial charge in [-0.2, -0.15) is 0 Å². The molecule has 0 saturated carbocycles. The van der Waals surface area contributed by atoms with Gasteiger partial charge in [0.1, 0.15) is 5.69 Å². The van der Waals surface area contributed by atoms with E-state index in [0.717, 1.165) is 0 Å². The van der Waals surface area contributed by atoms with Crippen LogP contribution in [0.3, 0.4) is 0 Å². The fourth-order valence-corrected chi connectivity index (χ4v) is 1.64. The van der Waals surface area contributed by atoms with E-state index in [1.165, 1.54) is 25.1 Å². The molecule has 0 atom stereocenters. The molecule has 0 aliphatic rings. The monoisotopic (exact) mass is 292 g/mol. The number of carbonyl (C=O) groups is 2. The molecular formula is C14H16N2O5. The Balaban J connectivity index is 3.14. The van der Waals surface area contributed by atoms with E-state index in [4.69, 9.17) is 4.74 Å². The Labute approximate surface area is 121 Å². The smallest absolute Gasteiger partial charge is 0.333 e. The summed E-state index contributed by atoms with van der Waals surface area (Å²) < 4.78 is 4.83. The molecule has 0 bridgehead atoms. The van der Waals surface area contributed by atoms with Crippen LogP contribution in [0.25, 0.3) is 6.08 Å². The minimum atomic E-state index is -0.595. The predicted molar refractivity (Wildman–Crippen MR) is 77.7 cm³/mol. The summed E-state index contributed by atoms with van der Waals surface area (Å²) in [5, 5.41) is 13.4. The number of nitro benzene ring substituents is 1. The third-order valence-electron chi connectivity index (χ3n) is 2.51. The van der Waals surface area contributed by atoms with Gasteiger partial charge in [0, 0.05) is 18.6 Å². The Bertz CT molecular complexity index is 607. The maximum atomic E-state index is 11.5.